The third kappa shape index (κ3) is 5.23. The smallest absolute Gasteiger partial charge is 0.251 e. The van der Waals surface area contributed by atoms with Gasteiger partial charge in [0.25, 0.3) is 5.91 Å². The topological polar surface area (TPSA) is 73.7 Å². The summed E-state index contributed by atoms with van der Waals surface area (Å²) >= 11 is 3.36. The molecule has 3 aromatic carbocycles. The van der Waals surface area contributed by atoms with Crippen LogP contribution in [0.25, 0.3) is 0 Å². The molecule has 1 amide bonds. The number of carbonyl (C=O) groups excluding carboxylic acids is 1. The molecule has 32 heavy (non-hydrogen) atoms. The molecular weight excluding hydrogens is 473 g/mol. The van der Waals surface area contributed by atoms with Gasteiger partial charge in [-0.3, -0.25) is 9.79 Å². The predicted octanol–water partition coefficient (Wildman–Crippen LogP) is 5.01. The maximum atomic E-state index is 13.3. The number of amidine groups is 1. The van der Waals surface area contributed by atoms with Gasteiger partial charge in [0.2, 0.25) is 0 Å². The summed E-state index contributed by atoms with van der Waals surface area (Å²) in [5, 5.41) is 16.8. The molecule has 0 bridgehead atoms. The summed E-state index contributed by atoms with van der Waals surface area (Å²) in [6.07, 6.45) is -0.213. The lowest BCUT2D eigenvalue weighted by Crippen LogP contribution is -2.33. The molecule has 0 aromatic heterocycles. The number of aliphatic hydroxyl groups excluding tert-OH is 1. The van der Waals surface area contributed by atoms with Gasteiger partial charge in [0.1, 0.15) is 5.82 Å². The number of rotatable bonds is 5. The van der Waals surface area contributed by atoms with E-state index in [1.807, 2.05) is 43.3 Å². The summed E-state index contributed by atoms with van der Waals surface area (Å²) in [5.41, 5.74) is 4.01. The largest absolute Gasteiger partial charge is 0.390 e. The summed E-state index contributed by atoms with van der Waals surface area (Å²) in [7, 11) is 0. The molecule has 2 atom stereocenters. The Balaban J connectivity index is 1.47. The van der Waals surface area contributed by atoms with Crippen molar-refractivity contribution in [3.8, 4) is 0 Å². The maximum Gasteiger partial charge on any atom is 0.251 e. The Morgan fingerprint density at radius 2 is 1.94 bits per heavy atom. The first kappa shape index (κ1) is 22.2. The van der Waals surface area contributed by atoms with Crippen molar-refractivity contribution in [1.29, 1.82) is 0 Å². The van der Waals surface area contributed by atoms with Gasteiger partial charge in [-0.2, -0.15) is 0 Å². The maximum absolute atomic E-state index is 13.3. The van der Waals surface area contributed by atoms with Crippen LogP contribution in [0.1, 0.15) is 40.0 Å². The Bertz CT molecular complexity index is 1160. The summed E-state index contributed by atoms with van der Waals surface area (Å²) in [6, 6.07) is 18.8. The van der Waals surface area contributed by atoms with Crippen LogP contribution in [-0.2, 0) is 13.0 Å². The number of nitrogens with one attached hydrogen (secondary N) is 2. The van der Waals surface area contributed by atoms with Gasteiger partial charge in [-0.05, 0) is 72.1 Å². The van der Waals surface area contributed by atoms with Gasteiger partial charge in [0, 0.05) is 22.1 Å². The molecule has 0 spiro atoms. The fraction of sp³-hybridized carbons (Fsp3) is 0.200. The number of anilines is 1. The van der Waals surface area contributed by atoms with E-state index in [9.17, 15) is 14.3 Å². The number of benzene rings is 3. The Morgan fingerprint density at radius 3 is 2.69 bits per heavy atom. The number of carbonyl (C=O) groups is 1. The monoisotopic (exact) mass is 495 g/mol. The zero-order chi connectivity index (χ0) is 22.7. The van der Waals surface area contributed by atoms with Crippen LogP contribution in [0.15, 0.2) is 76.2 Å². The van der Waals surface area contributed by atoms with Crippen molar-refractivity contribution in [1.82, 2.24) is 5.32 Å². The summed E-state index contributed by atoms with van der Waals surface area (Å²) in [5.74, 6) is 0.167. The van der Waals surface area contributed by atoms with Gasteiger partial charge in [0.05, 0.1) is 24.5 Å². The molecule has 0 saturated carbocycles. The van der Waals surface area contributed by atoms with Gasteiger partial charge in [-0.15, -0.1) is 0 Å². The Morgan fingerprint density at radius 1 is 1.16 bits per heavy atom. The second-order valence-corrected chi connectivity index (χ2v) is 8.72. The van der Waals surface area contributed by atoms with Crippen molar-refractivity contribution in [2.24, 2.45) is 4.99 Å². The van der Waals surface area contributed by atoms with Crippen molar-refractivity contribution in [3.63, 3.8) is 0 Å². The van der Waals surface area contributed by atoms with Crippen LogP contribution in [0, 0.1) is 5.82 Å². The van der Waals surface area contributed by atoms with E-state index in [1.54, 1.807) is 18.2 Å². The van der Waals surface area contributed by atoms with Crippen molar-refractivity contribution < 1.29 is 14.3 Å². The molecule has 0 radical (unpaired) electrons. The van der Waals surface area contributed by atoms with Crippen LogP contribution >= 0.6 is 15.9 Å². The molecule has 0 saturated heterocycles. The zero-order valence-electron chi connectivity index (χ0n) is 17.5. The first-order valence-corrected chi connectivity index (χ1v) is 11.1. The Labute approximate surface area is 194 Å². The van der Waals surface area contributed by atoms with Crippen LogP contribution in [-0.4, -0.2) is 23.0 Å². The molecular formula is C25H23BrFN3O2. The van der Waals surface area contributed by atoms with Crippen LogP contribution in [0.5, 0.6) is 0 Å². The van der Waals surface area contributed by atoms with E-state index in [-0.39, 0.29) is 11.7 Å². The molecule has 1 aliphatic rings. The minimum Gasteiger partial charge on any atom is -0.390 e. The third-order valence-corrected chi connectivity index (χ3v) is 5.93. The van der Waals surface area contributed by atoms with Gasteiger partial charge in [0.15, 0.2) is 0 Å². The summed E-state index contributed by atoms with van der Waals surface area (Å²) < 4.78 is 14.2. The minimum atomic E-state index is -0.692. The van der Waals surface area contributed by atoms with E-state index in [0.717, 1.165) is 26.9 Å². The Kier molecular flexibility index (Phi) is 6.67. The number of hydrogen-bond acceptors (Lipinski definition) is 3. The second kappa shape index (κ2) is 9.63. The lowest BCUT2D eigenvalue weighted by Gasteiger charge is -2.19. The van der Waals surface area contributed by atoms with Crippen molar-refractivity contribution >= 4 is 33.4 Å². The standard InChI is InChI=1S/C25H23BrFN3O2/c1-15(28-14-16-3-2-4-20(27)11-16)29-21-10-7-18-12-23(31)24(22(18)13-21)30-25(32)17-5-8-19(26)9-6-17/h2-11,13,23-24,31H,12,14H2,1H3,(H,28,29)(H,30,32)/t23-,24-/m1/s1. The SMILES string of the molecule is CC(=NCc1cccc(F)c1)Nc1ccc2c(c1)[C@@H](NC(=O)c1ccc(Br)cc1)[C@H](O)C2. The summed E-state index contributed by atoms with van der Waals surface area (Å²) in [4.78, 5) is 17.1. The van der Waals surface area contributed by atoms with E-state index < -0.39 is 12.1 Å². The molecule has 3 N–H and O–H groups in total. The highest BCUT2D eigenvalue weighted by molar-refractivity contribution is 9.10. The molecule has 3 aromatic rings. The highest BCUT2D eigenvalue weighted by Gasteiger charge is 2.32. The minimum absolute atomic E-state index is 0.236. The number of hydrogen-bond donors (Lipinski definition) is 3. The number of aliphatic hydroxyl groups is 1. The first-order valence-electron chi connectivity index (χ1n) is 10.3. The number of halogens is 2. The number of aliphatic imine (C=N–C) groups is 1. The quantitative estimate of drug-likeness (QED) is 0.344. The molecule has 7 heteroatoms. The zero-order valence-corrected chi connectivity index (χ0v) is 19.1. The average molecular weight is 496 g/mol. The van der Waals surface area contributed by atoms with Crippen LogP contribution in [0.2, 0.25) is 0 Å². The van der Waals surface area contributed by atoms with Gasteiger partial charge in [-0.25, -0.2) is 4.39 Å². The fourth-order valence-corrected chi connectivity index (χ4v) is 4.06. The van der Waals surface area contributed by atoms with E-state index in [4.69, 9.17) is 0 Å². The molecule has 1 aliphatic carbocycles. The molecule has 0 aliphatic heterocycles. The Hall–Kier alpha value is -3.03. The van der Waals surface area contributed by atoms with Crippen LogP contribution in [0.4, 0.5) is 10.1 Å². The van der Waals surface area contributed by atoms with Crippen LogP contribution in [0.3, 0.4) is 0 Å². The van der Waals surface area contributed by atoms with Crippen LogP contribution < -0.4 is 10.6 Å². The molecule has 0 unspecified atom stereocenters. The second-order valence-electron chi connectivity index (χ2n) is 7.80. The molecule has 164 valence electrons. The fourth-order valence-electron chi connectivity index (χ4n) is 3.79. The molecule has 0 heterocycles. The lowest BCUT2D eigenvalue weighted by atomic mass is 10.1. The first-order chi connectivity index (χ1) is 15.4. The average Bonchev–Trinajstić information content (AvgIpc) is 3.07. The summed E-state index contributed by atoms with van der Waals surface area (Å²) in [6.45, 7) is 2.21. The highest BCUT2D eigenvalue weighted by Crippen LogP contribution is 2.34. The third-order valence-electron chi connectivity index (χ3n) is 5.40. The van der Waals surface area contributed by atoms with Gasteiger partial charge >= 0.3 is 0 Å². The molecule has 0 fully saturated rings. The van der Waals surface area contributed by atoms with E-state index >= 15 is 0 Å². The molecule has 4 rings (SSSR count). The lowest BCUT2D eigenvalue weighted by molar-refractivity contribution is 0.0858. The molecule has 5 nitrogen and oxygen atoms in total. The van der Waals surface area contributed by atoms with E-state index in [1.165, 1.54) is 12.1 Å². The highest BCUT2D eigenvalue weighted by atomic mass is 79.9. The van der Waals surface area contributed by atoms with E-state index in [0.29, 0.717) is 24.4 Å². The van der Waals surface area contributed by atoms with Crippen molar-refractivity contribution in [2.75, 3.05) is 5.32 Å². The predicted molar refractivity (Wildman–Crippen MR) is 127 cm³/mol. The van der Waals surface area contributed by atoms with E-state index in [2.05, 4.69) is 31.6 Å². The normalized spacial score (nSPS) is 17.7. The number of fused-ring (bicyclic) bond motifs is 1. The van der Waals surface area contributed by atoms with Gasteiger partial charge < -0.3 is 15.7 Å². The van der Waals surface area contributed by atoms with Gasteiger partial charge in [-0.1, -0.05) is 34.1 Å². The number of amides is 1. The van der Waals surface area contributed by atoms with Crippen molar-refractivity contribution in [3.05, 3.63) is 99.3 Å². The number of nitrogens with zero attached hydrogens (tertiary/aromatic N) is 1. The van der Waals surface area contributed by atoms with Crippen molar-refractivity contribution in [2.45, 2.75) is 32.0 Å².